The summed E-state index contributed by atoms with van der Waals surface area (Å²) >= 11 is 0. The van der Waals surface area contributed by atoms with E-state index >= 15 is 0 Å². The van der Waals surface area contributed by atoms with Crippen LogP contribution in [0.4, 0.5) is 0 Å². The van der Waals surface area contributed by atoms with Gasteiger partial charge in [0.1, 0.15) is 0 Å². The van der Waals surface area contributed by atoms with Gasteiger partial charge in [0.25, 0.3) is 0 Å². The first-order chi connectivity index (χ1) is 12.7. The minimum atomic E-state index is -0.0142. The molecule has 0 fully saturated rings. The lowest BCUT2D eigenvalue weighted by molar-refractivity contribution is -0.144. The highest BCUT2D eigenvalue weighted by Crippen LogP contribution is 2.14. The molecule has 0 saturated heterocycles. The molecule has 0 N–H and O–H groups in total. The van der Waals surface area contributed by atoms with E-state index in [1.807, 2.05) is 0 Å². The van der Waals surface area contributed by atoms with Gasteiger partial charge in [0, 0.05) is 6.42 Å². The molecule has 0 unspecified atom stereocenters. The first kappa shape index (κ1) is 25.5. The van der Waals surface area contributed by atoms with Crippen molar-refractivity contribution in [2.24, 2.45) is 5.92 Å². The Hall–Kier alpha value is -0.530. The maximum Gasteiger partial charge on any atom is 0.305 e. The fraction of sp³-hybridized carbons (Fsp3) is 0.958. The Morgan fingerprint density at radius 1 is 0.615 bits per heavy atom. The second kappa shape index (κ2) is 20.8. The van der Waals surface area contributed by atoms with Gasteiger partial charge in [0.15, 0.2) is 0 Å². The minimum absolute atomic E-state index is 0.0142. The lowest BCUT2D eigenvalue weighted by Crippen LogP contribution is -2.09. The van der Waals surface area contributed by atoms with E-state index in [0.717, 1.165) is 6.42 Å². The molecular formula is C24H48O2. The Kier molecular flexibility index (Phi) is 20.4. The second-order valence-corrected chi connectivity index (χ2v) is 8.48. The predicted octanol–water partition coefficient (Wildman–Crippen LogP) is 8.23. The van der Waals surface area contributed by atoms with Crippen molar-refractivity contribution >= 4 is 5.97 Å². The Labute approximate surface area is 164 Å². The smallest absolute Gasteiger partial charge is 0.305 e. The van der Waals surface area contributed by atoms with Crippen molar-refractivity contribution in [3.8, 4) is 0 Å². The van der Waals surface area contributed by atoms with Crippen molar-refractivity contribution in [2.45, 2.75) is 136 Å². The van der Waals surface area contributed by atoms with E-state index in [0.29, 0.717) is 18.9 Å². The molecule has 0 bridgehead atoms. The van der Waals surface area contributed by atoms with Crippen molar-refractivity contribution in [3.63, 3.8) is 0 Å². The quantitative estimate of drug-likeness (QED) is 0.160. The number of unbranched alkanes of at least 4 members (excludes halogenated alkanes) is 16. The first-order valence-corrected chi connectivity index (χ1v) is 11.8. The first-order valence-electron chi connectivity index (χ1n) is 11.8. The second-order valence-electron chi connectivity index (χ2n) is 8.48. The summed E-state index contributed by atoms with van der Waals surface area (Å²) in [5, 5.41) is 0. The lowest BCUT2D eigenvalue weighted by Gasteiger charge is -2.07. The van der Waals surface area contributed by atoms with E-state index in [4.69, 9.17) is 4.74 Å². The van der Waals surface area contributed by atoms with Crippen LogP contribution in [0, 0.1) is 5.92 Å². The van der Waals surface area contributed by atoms with Crippen LogP contribution in [-0.2, 0) is 9.53 Å². The molecule has 26 heavy (non-hydrogen) atoms. The molecule has 0 aliphatic heterocycles. The van der Waals surface area contributed by atoms with Crippen molar-refractivity contribution in [1.82, 2.24) is 0 Å². The summed E-state index contributed by atoms with van der Waals surface area (Å²) in [6, 6.07) is 0. The van der Waals surface area contributed by atoms with E-state index in [1.165, 1.54) is 103 Å². The summed E-state index contributed by atoms with van der Waals surface area (Å²) in [7, 11) is 0. The number of hydrogen-bond donors (Lipinski definition) is 0. The predicted molar refractivity (Wildman–Crippen MR) is 115 cm³/mol. The molecule has 0 heterocycles. The molecule has 0 amide bonds. The SMILES string of the molecule is CCCCCCCCCCCCCCCCCCCC(=O)OCC(C)C. The summed E-state index contributed by atoms with van der Waals surface area (Å²) in [5.74, 6) is 0.425. The minimum Gasteiger partial charge on any atom is -0.465 e. The number of carbonyl (C=O) groups excluding carboxylic acids is 1. The van der Waals surface area contributed by atoms with Gasteiger partial charge in [-0.05, 0) is 12.3 Å². The van der Waals surface area contributed by atoms with Gasteiger partial charge in [-0.25, -0.2) is 0 Å². The summed E-state index contributed by atoms with van der Waals surface area (Å²) < 4.78 is 5.19. The summed E-state index contributed by atoms with van der Waals surface area (Å²) in [6.07, 6.45) is 23.9. The highest BCUT2D eigenvalue weighted by Gasteiger charge is 2.03. The van der Waals surface area contributed by atoms with Gasteiger partial charge in [0.05, 0.1) is 6.61 Å². The van der Waals surface area contributed by atoms with Gasteiger partial charge in [0.2, 0.25) is 0 Å². The third-order valence-electron chi connectivity index (χ3n) is 5.06. The molecule has 0 rings (SSSR count). The van der Waals surface area contributed by atoms with E-state index in [-0.39, 0.29) is 5.97 Å². The molecule has 0 aromatic heterocycles. The Bertz CT molecular complexity index is 286. The third-order valence-corrected chi connectivity index (χ3v) is 5.06. The van der Waals surface area contributed by atoms with Crippen molar-refractivity contribution < 1.29 is 9.53 Å². The molecule has 2 heteroatoms. The van der Waals surface area contributed by atoms with Crippen LogP contribution < -0.4 is 0 Å². The normalized spacial score (nSPS) is 11.2. The fourth-order valence-corrected chi connectivity index (χ4v) is 3.33. The van der Waals surface area contributed by atoms with Crippen LogP contribution in [0.15, 0.2) is 0 Å². The molecule has 156 valence electrons. The van der Waals surface area contributed by atoms with Gasteiger partial charge in [-0.2, -0.15) is 0 Å². The number of ether oxygens (including phenoxy) is 1. The number of rotatable bonds is 20. The zero-order valence-corrected chi connectivity index (χ0v) is 18.3. The summed E-state index contributed by atoms with van der Waals surface area (Å²) in [4.78, 5) is 11.5. The number of carbonyl (C=O) groups is 1. The average molecular weight is 369 g/mol. The standard InChI is InChI=1S/C24H48O2/c1-4-5-6-7-8-9-10-11-12-13-14-15-16-17-18-19-20-21-24(25)26-22-23(2)3/h23H,4-22H2,1-3H3. The average Bonchev–Trinajstić information content (AvgIpc) is 2.62. The Morgan fingerprint density at radius 3 is 1.31 bits per heavy atom. The third kappa shape index (κ3) is 21.5. The van der Waals surface area contributed by atoms with Crippen LogP contribution in [0.2, 0.25) is 0 Å². The van der Waals surface area contributed by atoms with E-state index in [1.54, 1.807) is 0 Å². The van der Waals surface area contributed by atoms with Gasteiger partial charge < -0.3 is 4.74 Å². The van der Waals surface area contributed by atoms with Crippen LogP contribution in [0.5, 0.6) is 0 Å². The molecule has 0 aromatic rings. The Balaban J connectivity index is 3.08. The van der Waals surface area contributed by atoms with Gasteiger partial charge in [-0.15, -0.1) is 0 Å². The highest BCUT2D eigenvalue weighted by molar-refractivity contribution is 5.69. The van der Waals surface area contributed by atoms with Crippen LogP contribution >= 0.6 is 0 Å². The van der Waals surface area contributed by atoms with Crippen LogP contribution in [0.25, 0.3) is 0 Å². The van der Waals surface area contributed by atoms with Gasteiger partial charge >= 0.3 is 5.97 Å². The lowest BCUT2D eigenvalue weighted by atomic mass is 10.0. The van der Waals surface area contributed by atoms with Gasteiger partial charge in [-0.3, -0.25) is 4.79 Å². The molecule has 2 nitrogen and oxygen atoms in total. The Morgan fingerprint density at radius 2 is 0.962 bits per heavy atom. The number of hydrogen-bond acceptors (Lipinski definition) is 2. The van der Waals surface area contributed by atoms with E-state index in [2.05, 4.69) is 20.8 Å². The van der Waals surface area contributed by atoms with Crippen molar-refractivity contribution in [1.29, 1.82) is 0 Å². The number of esters is 1. The maximum atomic E-state index is 11.5. The fourth-order valence-electron chi connectivity index (χ4n) is 3.33. The molecule has 0 aliphatic rings. The zero-order valence-electron chi connectivity index (χ0n) is 18.3. The van der Waals surface area contributed by atoms with Crippen molar-refractivity contribution in [3.05, 3.63) is 0 Å². The molecule has 0 saturated carbocycles. The summed E-state index contributed by atoms with van der Waals surface area (Å²) in [5.41, 5.74) is 0. The maximum absolute atomic E-state index is 11.5. The molecule has 0 atom stereocenters. The molecular weight excluding hydrogens is 320 g/mol. The van der Waals surface area contributed by atoms with E-state index in [9.17, 15) is 4.79 Å². The zero-order chi connectivity index (χ0) is 19.3. The molecule has 0 spiro atoms. The topological polar surface area (TPSA) is 26.3 Å². The molecule has 0 aromatic carbocycles. The highest BCUT2D eigenvalue weighted by atomic mass is 16.5. The van der Waals surface area contributed by atoms with Crippen molar-refractivity contribution in [2.75, 3.05) is 6.61 Å². The molecule has 0 radical (unpaired) electrons. The monoisotopic (exact) mass is 368 g/mol. The molecule has 0 aliphatic carbocycles. The van der Waals surface area contributed by atoms with E-state index < -0.39 is 0 Å². The summed E-state index contributed by atoms with van der Waals surface area (Å²) in [6.45, 7) is 7.00. The van der Waals surface area contributed by atoms with Crippen LogP contribution in [0.1, 0.15) is 136 Å². The van der Waals surface area contributed by atoms with Crippen LogP contribution in [0.3, 0.4) is 0 Å². The largest absolute Gasteiger partial charge is 0.465 e. The van der Waals surface area contributed by atoms with Gasteiger partial charge in [-0.1, -0.05) is 124 Å². The van der Waals surface area contributed by atoms with Crippen LogP contribution in [-0.4, -0.2) is 12.6 Å².